The van der Waals surface area contributed by atoms with Gasteiger partial charge in [-0.05, 0) is 0 Å². The minimum absolute atomic E-state index is 0.486. The zero-order chi connectivity index (χ0) is 16.2. The van der Waals surface area contributed by atoms with Crippen LogP contribution in [0.2, 0.25) is 0 Å². The molecule has 1 aromatic heterocycles. The number of alkyl halides is 6. The summed E-state index contributed by atoms with van der Waals surface area (Å²) in [5.41, 5.74) is -5.65. The first-order valence-electron chi connectivity index (χ1n) is 4.37. The third-order valence-corrected chi connectivity index (χ3v) is 2.04. The number of hydrogen-bond donors (Lipinski definition) is 0. The lowest BCUT2D eigenvalue weighted by atomic mass is 10.4. The van der Waals surface area contributed by atoms with Crippen LogP contribution in [0.1, 0.15) is 4.79 Å². The second kappa shape index (κ2) is 6.17. The summed E-state index contributed by atoms with van der Waals surface area (Å²) in [5.74, 6) is -1.89. The third kappa shape index (κ3) is 5.97. The van der Waals surface area contributed by atoms with Crippen LogP contribution in [0.5, 0.6) is 0 Å². The van der Waals surface area contributed by atoms with Crippen LogP contribution in [0, 0.1) is 0 Å². The van der Waals surface area contributed by atoms with E-state index in [2.05, 4.69) is 0 Å². The van der Waals surface area contributed by atoms with Crippen molar-refractivity contribution in [3.05, 3.63) is 30.6 Å². The highest BCUT2D eigenvalue weighted by molar-refractivity contribution is 7.86. The highest BCUT2D eigenvalue weighted by Gasteiger charge is 2.47. The number of aromatic nitrogens is 1. The smallest absolute Gasteiger partial charge is 0.521 e. The maximum Gasteiger partial charge on any atom is 0.521 e. The molecule has 0 spiro atoms. The largest absolute Gasteiger partial charge is 0.741 e. The van der Waals surface area contributed by atoms with E-state index in [1.54, 1.807) is 0 Å². The molecule has 0 N–H and O–H groups in total. The van der Waals surface area contributed by atoms with Crippen LogP contribution in [0.15, 0.2) is 30.6 Å². The first-order chi connectivity index (χ1) is 8.77. The zero-order valence-electron chi connectivity index (χ0n) is 9.14. The Labute approximate surface area is 108 Å². The summed E-state index contributed by atoms with van der Waals surface area (Å²) in [7, 11) is -6.09. The molecule has 0 aliphatic carbocycles. The molecule has 0 saturated carbocycles. The lowest BCUT2D eigenvalue weighted by Crippen LogP contribution is -2.50. The van der Waals surface area contributed by atoms with Crippen molar-refractivity contribution in [1.82, 2.24) is 0 Å². The monoisotopic (exact) mass is 325 g/mol. The van der Waals surface area contributed by atoms with Crippen LogP contribution in [0.3, 0.4) is 0 Å². The maximum atomic E-state index is 11.8. The number of halogens is 6. The number of carbonyl (C=O) groups is 1. The molecule has 12 heteroatoms. The Bertz CT molecular complexity index is 551. The number of rotatable bonds is 0. The van der Waals surface area contributed by atoms with Gasteiger partial charge >= 0.3 is 17.6 Å². The van der Waals surface area contributed by atoms with Crippen LogP contribution >= 0.6 is 0 Å². The van der Waals surface area contributed by atoms with Gasteiger partial charge in [0, 0.05) is 12.1 Å². The molecule has 1 rings (SSSR count). The van der Waals surface area contributed by atoms with Gasteiger partial charge in [-0.2, -0.15) is 26.3 Å². The number of carbonyl (C=O) groups excluding carboxylic acids is 1. The fraction of sp³-hybridized carbons (Fsp3) is 0.250. The van der Waals surface area contributed by atoms with Gasteiger partial charge in [0.15, 0.2) is 22.5 Å². The molecular weight excluding hydrogens is 320 g/mol. The minimum Gasteiger partial charge on any atom is -0.741 e. The first kappa shape index (κ1) is 18.3. The molecule has 20 heavy (non-hydrogen) atoms. The van der Waals surface area contributed by atoms with Gasteiger partial charge in [0.2, 0.25) is 0 Å². The van der Waals surface area contributed by atoms with Crippen molar-refractivity contribution < 1.29 is 48.7 Å². The summed E-state index contributed by atoms with van der Waals surface area (Å²) in [6.45, 7) is 0. The lowest BCUT2D eigenvalue weighted by molar-refractivity contribution is -0.586. The van der Waals surface area contributed by atoms with Gasteiger partial charge in [-0.15, -0.1) is 4.57 Å². The highest BCUT2D eigenvalue weighted by atomic mass is 32.2. The molecule has 114 valence electrons. The molecule has 5 nitrogen and oxygen atoms in total. The molecule has 0 fully saturated rings. The first-order valence-corrected chi connectivity index (χ1v) is 5.77. The SMILES string of the molecule is O=C([n+]1ccccc1)C(F)(F)F.O=S(=O)([O-])C(F)(F)F. The van der Waals surface area contributed by atoms with Gasteiger partial charge < -0.3 is 4.55 Å². The number of nitrogens with zero attached hydrogens (tertiary/aromatic N) is 1. The summed E-state index contributed by atoms with van der Waals surface area (Å²) in [5, 5.41) is 0. The Morgan fingerprint density at radius 1 is 0.950 bits per heavy atom. The van der Waals surface area contributed by atoms with Crippen LogP contribution in [-0.4, -0.2) is 30.6 Å². The molecular formula is C8H5F6NO4S. The molecule has 0 bridgehead atoms. The van der Waals surface area contributed by atoms with Crippen molar-refractivity contribution in [2.24, 2.45) is 0 Å². The summed E-state index contributed by atoms with van der Waals surface area (Å²) in [6, 6.07) is 4.23. The number of pyridine rings is 1. The molecule has 0 radical (unpaired) electrons. The van der Waals surface area contributed by atoms with Crippen LogP contribution in [0.4, 0.5) is 26.3 Å². The molecule has 0 aromatic carbocycles. The van der Waals surface area contributed by atoms with Crippen molar-refractivity contribution >= 4 is 16.0 Å². The van der Waals surface area contributed by atoms with E-state index in [0.717, 1.165) is 12.4 Å². The van der Waals surface area contributed by atoms with E-state index in [1.165, 1.54) is 18.2 Å². The van der Waals surface area contributed by atoms with Gasteiger partial charge in [-0.3, -0.25) is 0 Å². The van der Waals surface area contributed by atoms with Crippen molar-refractivity contribution in [3.8, 4) is 0 Å². The topological polar surface area (TPSA) is 78.1 Å². The molecule has 0 atom stereocenters. The Balaban J connectivity index is 0.000000396. The fourth-order valence-electron chi connectivity index (χ4n) is 0.680. The Morgan fingerprint density at radius 2 is 1.30 bits per heavy atom. The zero-order valence-corrected chi connectivity index (χ0v) is 9.96. The van der Waals surface area contributed by atoms with Crippen LogP contribution in [0.25, 0.3) is 0 Å². The van der Waals surface area contributed by atoms with Gasteiger partial charge in [0.05, 0.1) is 0 Å². The summed E-state index contributed by atoms with van der Waals surface area (Å²) < 4.78 is 94.7. The summed E-state index contributed by atoms with van der Waals surface area (Å²) >= 11 is 0. The van der Waals surface area contributed by atoms with Crippen LogP contribution < -0.4 is 4.57 Å². The molecule has 0 unspecified atom stereocenters. The summed E-state index contributed by atoms with van der Waals surface area (Å²) in [4.78, 5) is 10.5. The molecule has 0 aliphatic heterocycles. The number of hydrogen-bond acceptors (Lipinski definition) is 4. The Morgan fingerprint density at radius 3 is 1.55 bits per heavy atom. The van der Waals surface area contributed by atoms with E-state index in [4.69, 9.17) is 13.0 Å². The average molecular weight is 325 g/mol. The van der Waals surface area contributed by atoms with Crippen molar-refractivity contribution in [1.29, 1.82) is 0 Å². The third-order valence-electron chi connectivity index (χ3n) is 1.48. The second-order valence-electron chi connectivity index (χ2n) is 2.99. The van der Waals surface area contributed by atoms with Gasteiger partial charge in [0.1, 0.15) is 0 Å². The van der Waals surface area contributed by atoms with E-state index in [0.29, 0.717) is 4.57 Å². The summed E-state index contributed by atoms with van der Waals surface area (Å²) in [6.07, 6.45) is -2.71. The van der Waals surface area contributed by atoms with E-state index in [-0.39, 0.29) is 0 Å². The highest BCUT2D eigenvalue weighted by Crippen LogP contribution is 2.20. The fourth-order valence-corrected chi connectivity index (χ4v) is 0.680. The molecule has 1 heterocycles. The van der Waals surface area contributed by atoms with Gasteiger partial charge in [0.25, 0.3) is 0 Å². The van der Waals surface area contributed by atoms with Crippen molar-refractivity contribution in [2.45, 2.75) is 11.7 Å². The predicted molar refractivity (Wildman–Crippen MR) is 49.1 cm³/mol. The maximum absolute atomic E-state index is 11.8. The molecule has 0 aliphatic rings. The standard InChI is InChI=1S/C7H5F3NO.CHF3O3S/c8-7(9,10)6(12)11-4-2-1-3-5-11;2-1(3,4)8(5,6)7/h1-5H;(H,5,6,7)/q+1;/p-1. The molecule has 0 saturated heterocycles. The Hall–Kier alpha value is -1.69. The Kier molecular flexibility index (Phi) is 5.65. The normalized spacial score (nSPS) is 12.3. The quantitative estimate of drug-likeness (QED) is 0.311. The van der Waals surface area contributed by atoms with Crippen LogP contribution in [-0.2, 0) is 10.1 Å². The lowest BCUT2D eigenvalue weighted by Gasteiger charge is -2.08. The predicted octanol–water partition coefficient (Wildman–Crippen LogP) is 1.23. The van der Waals surface area contributed by atoms with E-state index < -0.39 is 27.7 Å². The van der Waals surface area contributed by atoms with Crippen molar-refractivity contribution in [3.63, 3.8) is 0 Å². The van der Waals surface area contributed by atoms with E-state index in [1.807, 2.05) is 0 Å². The molecule has 1 aromatic rings. The second-order valence-corrected chi connectivity index (χ2v) is 4.36. The van der Waals surface area contributed by atoms with E-state index >= 15 is 0 Å². The van der Waals surface area contributed by atoms with Gasteiger partial charge in [-0.25, -0.2) is 13.2 Å². The van der Waals surface area contributed by atoms with Gasteiger partial charge in [-0.1, -0.05) is 6.07 Å². The average Bonchev–Trinajstić information content (AvgIpc) is 2.26. The van der Waals surface area contributed by atoms with E-state index in [9.17, 15) is 31.1 Å². The van der Waals surface area contributed by atoms with Crippen molar-refractivity contribution in [2.75, 3.05) is 0 Å². The minimum atomic E-state index is -6.09. The molecule has 0 amide bonds.